The highest BCUT2D eigenvalue weighted by molar-refractivity contribution is 6.31. The van der Waals surface area contributed by atoms with Crippen molar-refractivity contribution < 1.29 is 9.53 Å². The van der Waals surface area contributed by atoms with Gasteiger partial charge in [-0.15, -0.1) is 0 Å². The molecule has 6 heteroatoms. The van der Waals surface area contributed by atoms with Crippen molar-refractivity contribution in [2.45, 2.75) is 53.7 Å². The number of hydrogen-bond acceptors (Lipinski definition) is 3. The topological polar surface area (TPSA) is 56.2 Å². The summed E-state index contributed by atoms with van der Waals surface area (Å²) in [5.74, 6) is 0.251. The van der Waals surface area contributed by atoms with E-state index in [9.17, 15) is 4.79 Å². The van der Waals surface area contributed by atoms with Crippen LogP contribution in [0.3, 0.4) is 0 Å². The van der Waals surface area contributed by atoms with Crippen molar-refractivity contribution >= 4 is 23.2 Å². The molecule has 5 nitrogen and oxygen atoms in total. The number of carbonyl (C=O) groups is 1. The van der Waals surface area contributed by atoms with Crippen LogP contribution in [0.1, 0.15) is 55.5 Å². The number of rotatable bonds is 5. The third kappa shape index (κ3) is 3.90. The second kappa shape index (κ2) is 7.26. The minimum absolute atomic E-state index is 0.0371. The molecule has 0 aliphatic heterocycles. The Morgan fingerprint density at radius 3 is 2.46 bits per heavy atom. The summed E-state index contributed by atoms with van der Waals surface area (Å²) in [5.41, 5.74) is 2.84. The van der Waals surface area contributed by atoms with Gasteiger partial charge in [-0.2, -0.15) is 5.10 Å². The number of nitrogens with zero attached hydrogens (tertiary/aromatic N) is 2. The summed E-state index contributed by atoms with van der Waals surface area (Å²) in [6.45, 7) is 11.8. The molecular formula is C18H24ClN3O2. The van der Waals surface area contributed by atoms with Crippen molar-refractivity contribution in [2.24, 2.45) is 0 Å². The molecule has 0 unspecified atom stereocenters. The van der Waals surface area contributed by atoms with E-state index in [0.29, 0.717) is 16.3 Å². The molecule has 0 radical (unpaired) electrons. The molecule has 0 aliphatic carbocycles. The van der Waals surface area contributed by atoms with E-state index >= 15 is 0 Å². The Morgan fingerprint density at radius 1 is 1.25 bits per heavy atom. The molecule has 24 heavy (non-hydrogen) atoms. The molecule has 0 bridgehead atoms. The Balaban J connectivity index is 2.36. The summed E-state index contributed by atoms with van der Waals surface area (Å²) in [6.07, 6.45) is -0.0371. The van der Waals surface area contributed by atoms with Gasteiger partial charge >= 0.3 is 0 Å². The fraction of sp³-hybridized carbons (Fsp3) is 0.444. The maximum atomic E-state index is 12.8. The van der Waals surface area contributed by atoms with Crippen LogP contribution in [0.25, 0.3) is 0 Å². The van der Waals surface area contributed by atoms with Crippen LogP contribution in [0.15, 0.2) is 18.2 Å². The molecule has 0 aliphatic rings. The number of aromatic nitrogens is 2. The predicted octanol–water partition coefficient (Wildman–Crippen LogP) is 4.77. The van der Waals surface area contributed by atoms with Crippen LogP contribution < -0.4 is 10.1 Å². The molecule has 0 spiro atoms. The van der Waals surface area contributed by atoms with Gasteiger partial charge in [0.2, 0.25) is 0 Å². The third-order valence-corrected chi connectivity index (χ3v) is 3.84. The van der Waals surface area contributed by atoms with E-state index in [1.165, 1.54) is 0 Å². The summed E-state index contributed by atoms with van der Waals surface area (Å²) in [7, 11) is 0. The summed E-state index contributed by atoms with van der Waals surface area (Å²) in [4.78, 5) is 12.8. The van der Waals surface area contributed by atoms with Gasteiger partial charge in [-0.25, -0.2) is 0 Å². The maximum Gasteiger partial charge on any atom is 0.259 e. The molecule has 1 heterocycles. The van der Waals surface area contributed by atoms with E-state index in [1.807, 2.05) is 32.4 Å². The smallest absolute Gasteiger partial charge is 0.259 e. The molecule has 130 valence electrons. The zero-order valence-corrected chi connectivity index (χ0v) is 15.7. The third-order valence-electron chi connectivity index (χ3n) is 3.60. The SMILES string of the molecule is Cc1nn(C(C)C)c(C)c1NC(=O)c1cc(Cl)ccc1OC(C)C. The van der Waals surface area contributed by atoms with E-state index in [1.54, 1.807) is 18.2 Å². The van der Waals surface area contributed by atoms with Crippen LogP contribution >= 0.6 is 11.6 Å². The normalized spacial score (nSPS) is 11.2. The maximum absolute atomic E-state index is 12.8. The molecular weight excluding hydrogens is 326 g/mol. The van der Waals surface area contributed by atoms with Crippen LogP contribution in [0.2, 0.25) is 5.02 Å². The van der Waals surface area contributed by atoms with Crippen LogP contribution in [-0.2, 0) is 0 Å². The lowest BCUT2D eigenvalue weighted by Crippen LogP contribution is -2.16. The van der Waals surface area contributed by atoms with Gasteiger partial charge in [0.05, 0.1) is 28.7 Å². The molecule has 0 atom stereocenters. The minimum atomic E-state index is -0.261. The molecule has 1 N–H and O–H groups in total. The monoisotopic (exact) mass is 349 g/mol. The molecule has 0 fully saturated rings. The number of anilines is 1. The van der Waals surface area contributed by atoms with Crippen molar-refractivity contribution in [1.29, 1.82) is 0 Å². The van der Waals surface area contributed by atoms with Gasteiger partial charge in [-0.05, 0) is 59.7 Å². The fourth-order valence-electron chi connectivity index (χ4n) is 2.56. The van der Waals surface area contributed by atoms with Crippen molar-refractivity contribution in [3.63, 3.8) is 0 Å². The van der Waals surface area contributed by atoms with Crippen LogP contribution in [0.5, 0.6) is 5.75 Å². The number of hydrogen-bond donors (Lipinski definition) is 1. The number of ether oxygens (including phenoxy) is 1. The Kier molecular flexibility index (Phi) is 5.54. The molecule has 1 amide bonds. The molecule has 2 aromatic rings. The highest BCUT2D eigenvalue weighted by Gasteiger charge is 2.19. The zero-order chi connectivity index (χ0) is 18.0. The zero-order valence-electron chi connectivity index (χ0n) is 15.0. The van der Waals surface area contributed by atoms with Gasteiger partial charge in [0.15, 0.2) is 0 Å². The van der Waals surface area contributed by atoms with Crippen LogP contribution in [0.4, 0.5) is 5.69 Å². The Morgan fingerprint density at radius 2 is 1.92 bits per heavy atom. The van der Waals surface area contributed by atoms with Crippen molar-refractivity contribution in [3.8, 4) is 5.75 Å². The summed E-state index contributed by atoms with van der Waals surface area (Å²) in [5, 5.41) is 7.93. The number of nitrogens with one attached hydrogen (secondary N) is 1. The van der Waals surface area contributed by atoms with Gasteiger partial charge in [0, 0.05) is 11.1 Å². The van der Waals surface area contributed by atoms with E-state index in [-0.39, 0.29) is 18.1 Å². The number of carbonyl (C=O) groups excluding carboxylic acids is 1. The first-order valence-electron chi connectivity index (χ1n) is 8.04. The standard InChI is InChI=1S/C18H24ClN3O2/c1-10(2)22-13(6)17(12(5)21-22)20-18(23)15-9-14(19)7-8-16(15)24-11(3)4/h7-11H,1-6H3,(H,20,23). The average molecular weight is 350 g/mol. The first-order valence-corrected chi connectivity index (χ1v) is 8.41. The summed E-state index contributed by atoms with van der Waals surface area (Å²) in [6, 6.07) is 5.27. The highest BCUT2D eigenvalue weighted by Crippen LogP contribution is 2.27. The van der Waals surface area contributed by atoms with E-state index in [2.05, 4.69) is 24.3 Å². The average Bonchev–Trinajstić information content (AvgIpc) is 2.76. The first kappa shape index (κ1) is 18.3. The van der Waals surface area contributed by atoms with E-state index in [0.717, 1.165) is 17.1 Å². The Bertz CT molecular complexity index is 751. The van der Waals surface area contributed by atoms with E-state index in [4.69, 9.17) is 16.3 Å². The van der Waals surface area contributed by atoms with Crippen LogP contribution in [0, 0.1) is 13.8 Å². The number of halogens is 1. The summed E-state index contributed by atoms with van der Waals surface area (Å²) < 4.78 is 7.62. The first-order chi connectivity index (χ1) is 11.2. The lowest BCUT2D eigenvalue weighted by Gasteiger charge is -2.15. The number of amides is 1. The molecule has 0 saturated carbocycles. The molecule has 1 aromatic heterocycles. The Hall–Kier alpha value is -2.01. The largest absolute Gasteiger partial charge is 0.490 e. The molecule has 2 rings (SSSR count). The van der Waals surface area contributed by atoms with Crippen molar-refractivity contribution in [2.75, 3.05) is 5.32 Å². The Labute approximate surface area is 148 Å². The summed E-state index contributed by atoms with van der Waals surface area (Å²) >= 11 is 6.06. The molecule has 1 aromatic carbocycles. The fourth-order valence-corrected chi connectivity index (χ4v) is 2.74. The van der Waals surface area contributed by atoms with Gasteiger partial charge in [0.25, 0.3) is 5.91 Å². The highest BCUT2D eigenvalue weighted by atomic mass is 35.5. The molecule has 0 saturated heterocycles. The lowest BCUT2D eigenvalue weighted by molar-refractivity contribution is 0.102. The van der Waals surface area contributed by atoms with Crippen LogP contribution in [-0.4, -0.2) is 21.8 Å². The van der Waals surface area contributed by atoms with Gasteiger partial charge in [-0.3, -0.25) is 9.48 Å². The quantitative estimate of drug-likeness (QED) is 0.845. The van der Waals surface area contributed by atoms with E-state index < -0.39 is 0 Å². The van der Waals surface area contributed by atoms with Gasteiger partial charge in [-0.1, -0.05) is 11.6 Å². The lowest BCUT2D eigenvalue weighted by atomic mass is 10.1. The predicted molar refractivity (Wildman–Crippen MR) is 97.3 cm³/mol. The van der Waals surface area contributed by atoms with Gasteiger partial charge in [0.1, 0.15) is 5.75 Å². The minimum Gasteiger partial charge on any atom is -0.490 e. The van der Waals surface area contributed by atoms with Crippen molar-refractivity contribution in [1.82, 2.24) is 9.78 Å². The number of aryl methyl sites for hydroxylation is 1. The number of benzene rings is 1. The second-order valence-electron chi connectivity index (χ2n) is 6.35. The second-order valence-corrected chi connectivity index (χ2v) is 6.78. The van der Waals surface area contributed by atoms with Gasteiger partial charge < -0.3 is 10.1 Å². The van der Waals surface area contributed by atoms with Crippen molar-refractivity contribution in [3.05, 3.63) is 40.2 Å².